The van der Waals surface area contributed by atoms with Gasteiger partial charge in [0.15, 0.2) is 5.16 Å². The van der Waals surface area contributed by atoms with Crippen LogP contribution in [0.3, 0.4) is 0 Å². The first-order valence-corrected chi connectivity index (χ1v) is 11.6. The molecular weight excluding hydrogens is 426 g/mol. The van der Waals surface area contributed by atoms with E-state index in [1.165, 1.54) is 12.8 Å². The summed E-state index contributed by atoms with van der Waals surface area (Å²) in [4.78, 5) is 7.91. The van der Waals surface area contributed by atoms with Crippen LogP contribution in [0.15, 0.2) is 57.6 Å². The number of nitrogens with zero attached hydrogens (tertiary/aromatic N) is 5. The van der Waals surface area contributed by atoms with Crippen LogP contribution in [-0.4, -0.2) is 32.8 Å². The van der Waals surface area contributed by atoms with Crippen molar-refractivity contribution in [3.05, 3.63) is 58.8 Å². The molecule has 9 heteroatoms. The number of hydrogen-bond donors (Lipinski definition) is 0. The molecule has 148 valence electrons. The maximum absolute atomic E-state index is 6.25. The molecule has 0 radical (unpaired) electrons. The monoisotopic (exact) mass is 443 g/mol. The Morgan fingerprint density at radius 1 is 1.14 bits per heavy atom. The van der Waals surface area contributed by atoms with Crippen LogP contribution in [-0.2, 0) is 5.75 Å². The molecule has 0 unspecified atom stereocenters. The fourth-order valence-electron chi connectivity index (χ4n) is 3.34. The summed E-state index contributed by atoms with van der Waals surface area (Å²) >= 11 is 9.46. The van der Waals surface area contributed by atoms with Crippen LogP contribution in [0.5, 0.6) is 0 Å². The summed E-state index contributed by atoms with van der Waals surface area (Å²) in [5.74, 6) is 2.17. The predicted molar refractivity (Wildman–Crippen MR) is 117 cm³/mol. The SMILES string of the molecule is Clc1cccc(-n2c(SCc3coc(-c4cccs4)n3)nnc2N2CCCC2)c1. The van der Waals surface area contributed by atoms with Gasteiger partial charge in [-0.2, -0.15) is 0 Å². The van der Waals surface area contributed by atoms with Crippen LogP contribution < -0.4 is 4.90 Å². The number of halogens is 1. The average Bonchev–Trinajstić information content (AvgIpc) is 3.53. The van der Waals surface area contributed by atoms with Crippen molar-refractivity contribution >= 4 is 40.6 Å². The maximum Gasteiger partial charge on any atom is 0.236 e. The Kier molecular flexibility index (Phi) is 5.30. The highest BCUT2D eigenvalue weighted by Crippen LogP contribution is 2.32. The maximum atomic E-state index is 6.25. The number of oxazole rings is 1. The Balaban J connectivity index is 1.42. The molecule has 4 aromatic rings. The van der Waals surface area contributed by atoms with E-state index in [9.17, 15) is 0 Å². The quantitative estimate of drug-likeness (QED) is 0.365. The number of hydrogen-bond acceptors (Lipinski definition) is 7. The first-order valence-electron chi connectivity index (χ1n) is 9.35. The second kappa shape index (κ2) is 8.22. The van der Waals surface area contributed by atoms with Gasteiger partial charge in [0.25, 0.3) is 0 Å². The largest absolute Gasteiger partial charge is 0.444 e. The first-order chi connectivity index (χ1) is 14.3. The third-order valence-electron chi connectivity index (χ3n) is 4.70. The fraction of sp³-hybridized carbons (Fsp3) is 0.250. The van der Waals surface area contributed by atoms with Gasteiger partial charge in [-0.25, -0.2) is 4.98 Å². The third kappa shape index (κ3) is 3.92. The lowest BCUT2D eigenvalue weighted by atomic mass is 10.3. The van der Waals surface area contributed by atoms with Crippen molar-refractivity contribution in [2.45, 2.75) is 23.8 Å². The zero-order valence-corrected chi connectivity index (χ0v) is 17.9. The van der Waals surface area contributed by atoms with Gasteiger partial charge in [-0.15, -0.1) is 21.5 Å². The molecule has 1 saturated heterocycles. The molecule has 0 N–H and O–H groups in total. The molecule has 0 aliphatic carbocycles. The molecule has 0 bridgehead atoms. The Hall–Kier alpha value is -2.29. The van der Waals surface area contributed by atoms with Crippen molar-refractivity contribution in [2.24, 2.45) is 0 Å². The van der Waals surface area contributed by atoms with Crippen LogP contribution in [0, 0.1) is 0 Å². The summed E-state index contributed by atoms with van der Waals surface area (Å²) < 4.78 is 7.72. The standard InChI is InChI=1S/C20H18ClN5OS2/c21-14-5-3-6-16(11-14)26-19(25-8-1-2-9-25)23-24-20(26)29-13-15-12-27-18(22-15)17-7-4-10-28-17/h3-7,10-12H,1-2,8-9,13H2. The van der Waals surface area contributed by atoms with E-state index in [0.717, 1.165) is 40.5 Å². The molecule has 5 rings (SSSR count). The minimum atomic E-state index is 0.646. The summed E-state index contributed by atoms with van der Waals surface area (Å²) in [7, 11) is 0. The van der Waals surface area contributed by atoms with E-state index in [0.29, 0.717) is 16.7 Å². The van der Waals surface area contributed by atoms with Crippen molar-refractivity contribution in [3.63, 3.8) is 0 Å². The van der Waals surface area contributed by atoms with E-state index in [1.807, 2.05) is 41.8 Å². The van der Waals surface area contributed by atoms with Crippen LogP contribution in [0.1, 0.15) is 18.5 Å². The van der Waals surface area contributed by atoms with Crippen LogP contribution >= 0.6 is 34.7 Å². The van der Waals surface area contributed by atoms with E-state index in [-0.39, 0.29) is 0 Å². The Morgan fingerprint density at radius 2 is 2.03 bits per heavy atom. The zero-order chi connectivity index (χ0) is 19.6. The number of rotatable bonds is 6. The van der Waals surface area contributed by atoms with Gasteiger partial charge in [-0.1, -0.05) is 35.5 Å². The van der Waals surface area contributed by atoms with Gasteiger partial charge in [0.05, 0.1) is 16.3 Å². The minimum Gasteiger partial charge on any atom is -0.444 e. The lowest BCUT2D eigenvalue weighted by Gasteiger charge is -2.18. The van der Waals surface area contributed by atoms with Crippen molar-refractivity contribution < 1.29 is 4.42 Å². The molecule has 1 fully saturated rings. The molecule has 4 heterocycles. The lowest BCUT2D eigenvalue weighted by molar-refractivity contribution is 0.575. The number of benzene rings is 1. The van der Waals surface area contributed by atoms with Crippen molar-refractivity contribution in [2.75, 3.05) is 18.0 Å². The first kappa shape index (κ1) is 18.7. The summed E-state index contributed by atoms with van der Waals surface area (Å²) in [5, 5.41) is 12.5. The molecule has 0 amide bonds. The van der Waals surface area contributed by atoms with Gasteiger partial charge in [0.2, 0.25) is 11.8 Å². The van der Waals surface area contributed by atoms with Crippen molar-refractivity contribution in [1.82, 2.24) is 19.7 Å². The molecule has 6 nitrogen and oxygen atoms in total. The Labute approximate surface area is 181 Å². The van der Waals surface area contributed by atoms with Gasteiger partial charge >= 0.3 is 0 Å². The molecule has 0 saturated carbocycles. The second-order valence-corrected chi connectivity index (χ2v) is 9.03. The average molecular weight is 444 g/mol. The van der Waals surface area contributed by atoms with Crippen molar-refractivity contribution in [1.29, 1.82) is 0 Å². The molecule has 3 aromatic heterocycles. The minimum absolute atomic E-state index is 0.646. The van der Waals surface area contributed by atoms with Gasteiger partial charge in [0.1, 0.15) is 6.26 Å². The summed E-state index contributed by atoms with van der Waals surface area (Å²) in [5.41, 5.74) is 1.84. The molecule has 0 spiro atoms. The number of aromatic nitrogens is 4. The van der Waals surface area contributed by atoms with E-state index in [1.54, 1.807) is 29.4 Å². The van der Waals surface area contributed by atoms with Gasteiger partial charge in [-0.05, 0) is 42.5 Å². The Bertz CT molecular complexity index is 1100. The van der Waals surface area contributed by atoms with Crippen LogP contribution in [0.2, 0.25) is 5.02 Å². The van der Waals surface area contributed by atoms with Crippen molar-refractivity contribution in [3.8, 4) is 16.5 Å². The number of thiophene rings is 1. The second-order valence-electron chi connectivity index (χ2n) is 6.70. The number of anilines is 1. The molecule has 1 aliphatic rings. The van der Waals surface area contributed by atoms with Gasteiger partial charge in [-0.3, -0.25) is 4.57 Å². The number of thioether (sulfide) groups is 1. The highest BCUT2D eigenvalue weighted by molar-refractivity contribution is 7.98. The van der Waals surface area contributed by atoms with Gasteiger partial charge < -0.3 is 9.32 Å². The van der Waals surface area contributed by atoms with E-state index in [2.05, 4.69) is 24.6 Å². The van der Waals surface area contributed by atoms with Gasteiger partial charge in [0, 0.05) is 23.9 Å². The molecule has 1 aromatic carbocycles. The molecule has 0 atom stereocenters. The fourth-order valence-corrected chi connectivity index (χ4v) is 5.01. The molecule has 1 aliphatic heterocycles. The highest BCUT2D eigenvalue weighted by atomic mass is 35.5. The topological polar surface area (TPSA) is 60.0 Å². The summed E-state index contributed by atoms with van der Waals surface area (Å²) in [6, 6.07) is 11.8. The molecular formula is C20H18ClN5OS2. The predicted octanol–water partition coefficient (Wildman–Crippen LogP) is 5.53. The lowest BCUT2D eigenvalue weighted by Crippen LogP contribution is -2.22. The smallest absolute Gasteiger partial charge is 0.236 e. The van der Waals surface area contributed by atoms with E-state index in [4.69, 9.17) is 16.0 Å². The normalized spacial score (nSPS) is 14.0. The Morgan fingerprint density at radius 3 is 2.83 bits per heavy atom. The summed E-state index contributed by atoms with van der Waals surface area (Å²) in [6.45, 7) is 1.99. The van der Waals surface area contributed by atoms with Crippen LogP contribution in [0.25, 0.3) is 16.5 Å². The molecule has 29 heavy (non-hydrogen) atoms. The van der Waals surface area contributed by atoms with E-state index >= 15 is 0 Å². The van der Waals surface area contributed by atoms with E-state index < -0.39 is 0 Å². The summed E-state index contributed by atoms with van der Waals surface area (Å²) in [6.07, 6.45) is 4.06. The zero-order valence-electron chi connectivity index (χ0n) is 15.5. The van der Waals surface area contributed by atoms with Crippen LogP contribution in [0.4, 0.5) is 5.95 Å². The third-order valence-corrected chi connectivity index (χ3v) is 6.76. The highest BCUT2D eigenvalue weighted by Gasteiger charge is 2.23.